The predicted octanol–water partition coefficient (Wildman–Crippen LogP) is 1.94. The lowest BCUT2D eigenvalue weighted by atomic mass is 10.1. The first-order valence-corrected chi connectivity index (χ1v) is 9.00. The van der Waals surface area contributed by atoms with Crippen LogP contribution in [0.5, 0.6) is 0 Å². The van der Waals surface area contributed by atoms with E-state index in [-0.39, 0.29) is 23.4 Å². The Morgan fingerprint density at radius 2 is 1.80 bits per heavy atom. The van der Waals surface area contributed by atoms with Crippen molar-refractivity contribution >= 4 is 46.6 Å². The normalized spacial score (nSPS) is 12.5. The van der Waals surface area contributed by atoms with Crippen molar-refractivity contribution in [2.75, 3.05) is 25.5 Å². The number of nitro benzene ring substituents is 1. The number of nitrogens with zero attached hydrogens (tertiary/aromatic N) is 3. The highest BCUT2D eigenvalue weighted by Gasteiger charge is 2.38. The van der Waals surface area contributed by atoms with Crippen LogP contribution in [-0.2, 0) is 9.59 Å². The second-order valence-corrected chi connectivity index (χ2v) is 6.87. The zero-order valence-corrected chi connectivity index (χ0v) is 16.4. The van der Waals surface area contributed by atoms with Crippen LogP contribution in [0.4, 0.5) is 11.4 Å². The average Bonchev–Trinajstić information content (AvgIpc) is 2.94. The molecule has 0 atom stereocenters. The number of imide groups is 1. The third kappa shape index (κ3) is 4.13. The number of hydrogen-bond donors (Lipinski definition) is 1. The number of amides is 4. The lowest BCUT2D eigenvalue weighted by molar-refractivity contribution is -0.384. The zero-order valence-electron chi connectivity index (χ0n) is 15.6. The van der Waals surface area contributed by atoms with Crippen molar-refractivity contribution in [1.29, 1.82) is 0 Å². The molecular weight excluding hydrogens is 416 g/mol. The van der Waals surface area contributed by atoms with Gasteiger partial charge in [-0.15, -0.1) is 0 Å². The molecule has 4 amide bonds. The molecule has 0 aromatic heterocycles. The van der Waals surface area contributed by atoms with Crippen molar-refractivity contribution in [3.8, 4) is 0 Å². The molecule has 154 valence electrons. The quantitative estimate of drug-likeness (QED) is 0.423. The molecule has 1 aliphatic rings. The molecule has 2 aromatic carbocycles. The Labute approximate surface area is 175 Å². The van der Waals surface area contributed by atoms with E-state index in [1.54, 1.807) is 24.3 Å². The summed E-state index contributed by atoms with van der Waals surface area (Å²) in [6.07, 6.45) is 0. The average molecular weight is 431 g/mol. The molecule has 0 spiro atoms. The second kappa shape index (κ2) is 8.29. The van der Waals surface area contributed by atoms with Crippen molar-refractivity contribution < 1.29 is 24.1 Å². The summed E-state index contributed by atoms with van der Waals surface area (Å²) in [6.45, 7) is -0.936. The summed E-state index contributed by atoms with van der Waals surface area (Å²) in [6, 6.07) is 9.87. The van der Waals surface area contributed by atoms with Gasteiger partial charge in [-0.2, -0.15) is 0 Å². The second-order valence-electron chi connectivity index (χ2n) is 6.46. The molecular formula is C19H15ClN4O6. The molecule has 0 bridgehead atoms. The first-order chi connectivity index (χ1) is 14.2. The minimum absolute atomic E-state index is 0.0162. The largest absolute Gasteiger partial charge is 0.335 e. The van der Waals surface area contributed by atoms with E-state index in [1.165, 1.54) is 13.1 Å². The number of halogens is 1. The molecule has 0 fully saturated rings. The molecule has 3 rings (SSSR count). The van der Waals surface area contributed by atoms with Crippen LogP contribution in [0.25, 0.3) is 0 Å². The SMILES string of the molecule is CN(CC(=O)Nc1ccccc1Cl)C(=O)CN1C(=O)c2ccc([N+](=O)[O-])cc2C1=O. The Hall–Kier alpha value is -3.79. The minimum atomic E-state index is -0.805. The summed E-state index contributed by atoms with van der Waals surface area (Å²) >= 11 is 5.97. The molecule has 30 heavy (non-hydrogen) atoms. The number of anilines is 1. The number of nitrogens with one attached hydrogen (secondary N) is 1. The van der Waals surface area contributed by atoms with E-state index in [9.17, 15) is 29.3 Å². The molecule has 1 heterocycles. The summed E-state index contributed by atoms with van der Waals surface area (Å²) in [5.74, 6) is -2.71. The van der Waals surface area contributed by atoms with Gasteiger partial charge in [0.25, 0.3) is 17.5 Å². The number of likely N-dealkylation sites (N-methyl/N-ethyl adjacent to an activating group) is 1. The maximum atomic E-state index is 12.5. The standard InChI is InChI=1S/C19H15ClN4O6/c1-22(9-16(25)21-15-5-3-2-4-14(15)20)17(26)10-23-18(27)12-7-6-11(24(29)30)8-13(12)19(23)28/h2-8H,9-10H2,1H3,(H,21,25). The maximum absolute atomic E-state index is 12.5. The van der Waals surface area contributed by atoms with Gasteiger partial charge in [0.2, 0.25) is 11.8 Å². The van der Waals surface area contributed by atoms with E-state index in [0.29, 0.717) is 15.6 Å². The third-order valence-corrected chi connectivity index (χ3v) is 4.74. The molecule has 0 saturated carbocycles. The van der Waals surface area contributed by atoms with E-state index in [4.69, 9.17) is 11.6 Å². The Bertz CT molecular complexity index is 1090. The molecule has 1 aliphatic heterocycles. The number of carbonyl (C=O) groups excluding carboxylic acids is 4. The highest BCUT2D eigenvalue weighted by atomic mass is 35.5. The first kappa shape index (κ1) is 20.9. The number of benzene rings is 2. The van der Waals surface area contributed by atoms with Gasteiger partial charge in [0.15, 0.2) is 0 Å². The summed E-state index contributed by atoms with van der Waals surface area (Å²) < 4.78 is 0. The fraction of sp³-hybridized carbons (Fsp3) is 0.158. The van der Waals surface area contributed by atoms with Gasteiger partial charge in [-0.3, -0.25) is 34.2 Å². The molecule has 10 nitrogen and oxygen atoms in total. The number of nitro groups is 1. The molecule has 0 aliphatic carbocycles. The highest BCUT2D eigenvalue weighted by molar-refractivity contribution is 6.33. The van der Waals surface area contributed by atoms with Crippen LogP contribution in [0.15, 0.2) is 42.5 Å². The number of non-ortho nitro benzene ring substituents is 1. The number of rotatable bonds is 6. The van der Waals surface area contributed by atoms with Gasteiger partial charge in [-0.1, -0.05) is 23.7 Å². The number of para-hydroxylation sites is 1. The molecule has 11 heteroatoms. The predicted molar refractivity (Wildman–Crippen MR) is 106 cm³/mol. The van der Waals surface area contributed by atoms with Gasteiger partial charge in [-0.05, 0) is 18.2 Å². The fourth-order valence-corrected chi connectivity index (χ4v) is 3.03. The summed E-state index contributed by atoms with van der Waals surface area (Å²) in [4.78, 5) is 61.4. The van der Waals surface area contributed by atoms with Crippen molar-refractivity contribution in [3.63, 3.8) is 0 Å². The Morgan fingerprint density at radius 3 is 2.47 bits per heavy atom. The van der Waals surface area contributed by atoms with Gasteiger partial charge in [0, 0.05) is 19.2 Å². The molecule has 0 radical (unpaired) electrons. The van der Waals surface area contributed by atoms with E-state index < -0.39 is 35.1 Å². The Morgan fingerprint density at radius 1 is 1.13 bits per heavy atom. The first-order valence-electron chi connectivity index (χ1n) is 8.62. The summed E-state index contributed by atoms with van der Waals surface area (Å²) in [5, 5.41) is 13.8. The lowest BCUT2D eigenvalue weighted by Gasteiger charge is -2.20. The number of fused-ring (bicyclic) bond motifs is 1. The Balaban J connectivity index is 1.64. The van der Waals surface area contributed by atoms with Crippen LogP contribution in [-0.4, -0.2) is 58.5 Å². The molecule has 0 saturated heterocycles. The highest BCUT2D eigenvalue weighted by Crippen LogP contribution is 2.26. The lowest BCUT2D eigenvalue weighted by Crippen LogP contribution is -2.43. The molecule has 2 aromatic rings. The maximum Gasteiger partial charge on any atom is 0.270 e. The van der Waals surface area contributed by atoms with Gasteiger partial charge in [-0.25, -0.2) is 0 Å². The van der Waals surface area contributed by atoms with Crippen LogP contribution >= 0.6 is 11.6 Å². The summed E-state index contributed by atoms with van der Waals surface area (Å²) in [5.41, 5.74) is -0.109. The van der Waals surface area contributed by atoms with Crippen molar-refractivity contribution in [2.24, 2.45) is 0 Å². The molecule has 0 unspecified atom stereocenters. The topological polar surface area (TPSA) is 130 Å². The van der Waals surface area contributed by atoms with Crippen LogP contribution in [0.3, 0.4) is 0 Å². The number of carbonyl (C=O) groups is 4. The van der Waals surface area contributed by atoms with Crippen LogP contribution in [0, 0.1) is 10.1 Å². The minimum Gasteiger partial charge on any atom is -0.335 e. The zero-order chi connectivity index (χ0) is 22.0. The van der Waals surface area contributed by atoms with E-state index >= 15 is 0 Å². The van der Waals surface area contributed by atoms with Crippen molar-refractivity contribution in [1.82, 2.24) is 9.80 Å². The van der Waals surface area contributed by atoms with Crippen LogP contribution < -0.4 is 5.32 Å². The number of hydrogen-bond acceptors (Lipinski definition) is 6. The van der Waals surface area contributed by atoms with Crippen LogP contribution in [0.1, 0.15) is 20.7 Å². The van der Waals surface area contributed by atoms with E-state index in [0.717, 1.165) is 17.0 Å². The van der Waals surface area contributed by atoms with Crippen LogP contribution in [0.2, 0.25) is 5.02 Å². The smallest absolute Gasteiger partial charge is 0.270 e. The van der Waals surface area contributed by atoms with Gasteiger partial charge in [0.1, 0.15) is 6.54 Å². The van der Waals surface area contributed by atoms with Gasteiger partial charge >= 0.3 is 0 Å². The van der Waals surface area contributed by atoms with Gasteiger partial charge in [0.05, 0.1) is 33.3 Å². The monoisotopic (exact) mass is 430 g/mol. The van der Waals surface area contributed by atoms with E-state index in [1.807, 2.05) is 0 Å². The van der Waals surface area contributed by atoms with Crippen molar-refractivity contribution in [2.45, 2.75) is 0 Å². The molecule has 1 N–H and O–H groups in total. The van der Waals surface area contributed by atoms with E-state index in [2.05, 4.69) is 5.32 Å². The van der Waals surface area contributed by atoms with Gasteiger partial charge < -0.3 is 10.2 Å². The fourth-order valence-electron chi connectivity index (χ4n) is 2.85. The Kier molecular flexibility index (Phi) is 5.79. The third-order valence-electron chi connectivity index (χ3n) is 4.41. The van der Waals surface area contributed by atoms with Crippen molar-refractivity contribution in [3.05, 3.63) is 68.7 Å². The summed E-state index contributed by atoms with van der Waals surface area (Å²) in [7, 11) is 1.34.